The smallest absolute Gasteiger partial charge is 0.175 e. The molecule has 0 aliphatic rings. The van der Waals surface area contributed by atoms with Crippen LogP contribution < -0.4 is 15.2 Å². The summed E-state index contributed by atoms with van der Waals surface area (Å²) in [5.41, 5.74) is 7.66. The van der Waals surface area contributed by atoms with Crippen LogP contribution in [0.5, 0.6) is 11.5 Å². The van der Waals surface area contributed by atoms with Crippen LogP contribution in [-0.4, -0.2) is 18.6 Å². The molecule has 0 amide bonds. The van der Waals surface area contributed by atoms with Gasteiger partial charge in [-0.1, -0.05) is 6.92 Å². The normalized spacial score (nSPS) is 10.7. The molecule has 1 aromatic heterocycles. The van der Waals surface area contributed by atoms with Gasteiger partial charge in [-0.05, 0) is 53.0 Å². The van der Waals surface area contributed by atoms with Gasteiger partial charge in [0.2, 0.25) is 0 Å². The number of hydrogen-bond donors (Lipinski definition) is 1. The summed E-state index contributed by atoms with van der Waals surface area (Å²) in [6.07, 6.45) is 1.76. The Balaban J connectivity index is 2.14. The van der Waals surface area contributed by atoms with Crippen LogP contribution in [-0.2, 0) is 19.4 Å². The Morgan fingerprint density at radius 1 is 1.38 bits per heavy atom. The zero-order chi connectivity index (χ0) is 15.2. The van der Waals surface area contributed by atoms with Gasteiger partial charge >= 0.3 is 0 Å². The number of benzene rings is 1. The van der Waals surface area contributed by atoms with Gasteiger partial charge in [-0.2, -0.15) is 0 Å². The van der Waals surface area contributed by atoms with Gasteiger partial charge in [0.25, 0.3) is 0 Å². The van der Waals surface area contributed by atoms with Crippen LogP contribution in [0.2, 0.25) is 0 Å². The van der Waals surface area contributed by atoms with Crippen molar-refractivity contribution in [1.82, 2.24) is 4.98 Å². The van der Waals surface area contributed by atoms with Gasteiger partial charge in [0, 0.05) is 5.38 Å². The number of ether oxygens (including phenoxy) is 2. The van der Waals surface area contributed by atoms with E-state index in [1.54, 1.807) is 18.4 Å². The van der Waals surface area contributed by atoms with Crippen molar-refractivity contribution in [2.75, 3.05) is 13.7 Å². The molecule has 1 aromatic carbocycles. The van der Waals surface area contributed by atoms with Gasteiger partial charge in [-0.25, -0.2) is 4.98 Å². The average Bonchev–Trinajstić information content (AvgIpc) is 2.94. The minimum Gasteiger partial charge on any atom is -0.493 e. The van der Waals surface area contributed by atoms with E-state index >= 15 is 0 Å². The Morgan fingerprint density at radius 3 is 2.81 bits per heavy atom. The first-order chi connectivity index (χ1) is 10.2. The second-order valence-corrected chi connectivity index (χ2v) is 6.32. The van der Waals surface area contributed by atoms with Crippen LogP contribution in [0.1, 0.15) is 23.2 Å². The van der Waals surface area contributed by atoms with Crippen molar-refractivity contribution >= 4 is 27.3 Å². The predicted molar refractivity (Wildman–Crippen MR) is 89.3 cm³/mol. The third kappa shape index (κ3) is 4.18. The maximum Gasteiger partial charge on any atom is 0.175 e. The van der Waals surface area contributed by atoms with Gasteiger partial charge < -0.3 is 15.2 Å². The highest BCUT2D eigenvalue weighted by atomic mass is 79.9. The lowest BCUT2D eigenvalue weighted by Crippen LogP contribution is -2.04. The lowest BCUT2D eigenvalue weighted by atomic mass is 10.1. The van der Waals surface area contributed by atoms with Crippen LogP contribution in [0.3, 0.4) is 0 Å². The molecule has 0 radical (unpaired) electrons. The number of halogens is 1. The number of nitrogens with two attached hydrogens (primary N) is 1. The van der Waals surface area contributed by atoms with Crippen molar-refractivity contribution < 1.29 is 9.47 Å². The van der Waals surface area contributed by atoms with Gasteiger partial charge in [0.15, 0.2) is 11.5 Å². The van der Waals surface area contributed by atoms with Crippen LogP contribution in [0.15, 0.2) is 22.0 Å². The Labute approximate surface area is 137 Å². The fourth-order valence-corrected chi connectivity index (χ4v) is 3.28. The van der Waals surface area contributed by atoms with E-state index in [-0.39, 0.29) is 0 Å². The Kier molecular flexibility index (Phi) is 6.02. The number of hydrogen-bond acceptors (Lipinski definition) is 5. The van der Waals surface area contributed by atoms with Gasteiger partial charge in [-0.15, -0.1) is 11.3 Å². The van der Waals surface area contributed by atoms with Crippen molar-refractivity contribution in [2.24, 2.45) is 5.73 Å². The predicted octanol–water partition coefficient (Wildman–Crippen LogP) is 3.56. The minimum atomic E-state index is 0.432. The summed E-state index contributed by atoms with van der Waals surface area (Å²) >= 11 is 5.20. The largest absolute Gasteiger partial charge is 0.493 e. The second kappa shape index (κ2) is 7.77. The lowest BCUT2D eigenvalue weighted by molar-refractivity contribution is 0.279. The number of methoxy groups -OCH3 is 1. The highest BCUT2D eigenvalue weighted by molar-refractivity contribution is 9.10. The molecular weight excluding hydrogens is 352 g/mol. The van der Waals surface area contributed by atoms with E-state index in [1.807, 2.05) is 17.5 Å². The topological polar surface area (TPSA) is 57.4 Å². The molecule has 0 fully saturated rings. The number of aryl methyl sites for hydroxylation is 1. The van der Waals surface area contributed by atoms with Crippen molar-refractivity contribution in [2.45, 2.75) is 26.4 Å². The molecule has 2 rings (SSSR count). The molecule has 0 unspecified atom stereocenters. The zero-order valence-electron chi connectivity index (χ0n) is 12.2. The maximum atomic E-state index is 5.88. The molecule has 0 saturated carbocycles. The van der Waals surface area contributed by atoms with Crippen molar-refractivity contribution in [3.63, 3.8) is 0 Å². The summed E-state index contributed by atoms with van der Waals surface area (Å²) < 4.78 is 12.2. The first-order valence-corrected chi connectivity index (χ1v) is 8.47. The molecule has 0 spiro atoms. The number of rotatable bonds is 7. The monoisotopic (exact) mass is 370 g/mol. The van der Waals surface area contributed by atoms with E-state index in [1.165, 1.54) is 0 Å². The number of nitrogens with zero attached hydrogens (tertiary/aromatic N) is 1. The van der Waals surface area contributed by atoms with Crippen molar-refractivity contribution in [3.05, 3.63) is 38.3 Å². The molecule has 0 atom stereocenters. The van der Waals surface area contributed by atoms with Gasteiger partial charge in [0.05, 0.1) is 22.3 Å². The highest BCUT2D eigenvalue weighted by Crippen LogP contribution is 2.37. The molecule has 0 bridgehead atoms. The first-order valence-electron chi connectivity index (χ1n) is 6.80. The third-order valence-corrected chi connectivity index (χ3v) is 4.62. The summed E-state index contributed by atoms with van der Waals surface area (Å²) in [5.74, 6) is 1.41. The third-order valence-electron chi connectivity index (χ3n) is 2.99. The molecule has 21 heavy (non-hydrogen) atoms. The summed E-state index contributed by atoms with van der Waals surface area (Å²) in [7, 11) is 1.64. The fraction of sp³-hybridized carbons (Fsp3) is 0.400. The second-order valence-electron chi connectivity index (χ2n) is 4.52. The molecule has 2 aromatic rings. The molecule has 0 saturated heterocycles. The van der Waals surface area contributed by atoms with E-state index in [9.17, 15) is 0 Å². The fourth-order valence-electron chi connectivity index (χ4n) is 1.95. The standard InChI is InChI=1S/C15H19BrN2O2S/c1-3-14-18-11(9-21-14)8-20-15-12(16)6-10(4-5-17)7-13(15)19-2/h6-7,9H,3-5,8,17H2,1-2H3. The molecule has 114 valence electrons. The Hall–Kier alpha value is -1.11. The van der Waals surface area contributed by atoms with E-state index in [0.717, 1.165) is 33.6 Å². The number of thiazole rings is 1. The molecule has 4 nitrogen and oxygen atoms in total. The highest BCUT2D eigenvalue weighted by Gasteiger charge is 2.12. The molecule has 6 heteroatoms. The number of aromatic nitrogens is 1. The summed E-state index contributed by atoms with van der Waals surface area (Å²) in [6.45, 7) is 3.13. The minimum absolute atomic E-state index is 0.432. The molecule has 0 aliphatic heterocycles. The summed E-state index contributed by atoms with van der Waals surface area (Å²) in [5, 5.41) is 3.15. The zero-order valence-corrected chi connectivity index (χ0v) is 14.6. The maximum absolute atomic E-state index is 5.88. The quantitative estimate of drug-likeness (QED) is 0.809. The van der Waals surface area contributed by atoms with Crippen LogP contribution in [0.25, 0.3) is 0 Å². The van der Waals surface area contributed by atoms with Crippen LogP contribution in [0, 0.1) is 0 Å². The van der Waals surface area contributed by atoms with Gasteiger partial charge in [0.1, 0.15) is 6.61 Å². The summed E-state index contributed by atoms with van der Waals surface area (Å²) in [4.78, 5) is 4.50. The van der Waals surface area contributed by atoms with Gasteiger partial charge in [-0.3, -0.25) is 0 Å². The van der Waals surface area contributed by atoms with Crippen LogP contribution in [0.4, 0.5) is 0 Å². The van der Waals surface area contributed by atoms with E-state index in [2.05, 4.69) is 27.8 Å². The molecule has 2 N–H and O–H groups in total. The summed E-state index contributed by atoms with van der Waals surface area (Å²) in [6, 6.07) is 3.98. The van der Waals surface area contributed by atoms with Crippen LogP contribution >= 0.6 is 27.3 Å². The first kappa shape index (κ1) is 16.3. The van der Waals surface area contributed by atoms with E-state index in [0.29, 0.717) is 24.7 Å². The van der Waals surface area contributed by atoms with E-state index < -0.39 is 0 Å². The van der Waals surface area contributed by atoms with Crippen molar-refractivity contribution in [1.29, 1.82) is 0 Å². The molecule has 1 heterocycles. The SMILES string of the molecule is CCc1nc(COc2c(Br)cc(CCN)cc2OC)cs1. The lowest BCUT2D eigenvalue weighted by Gasteiger charge is -2.13. The Bertz CT molecular complexity index is 601. The Morgan fingerprint density at radius 2 is 2.19 bits per heavy atom. The molecular formula is C15H19BrN2O2S. The van der Waals surface area contributed by atoms with E-state index in [4.69, 9.17) is 15.2 Å². The van der Waals surface area contributed by atoms with Crippen molar-refractivity contribution in [3.8, 4) is 11.5 Å². The average molecular weight is 371 g/mol. The molecule has 0 aliphatic carbocycles.